The van der Waals surface area contributed by atoms with E-state index in [1.807, 2.05) is 18.2 Å². The van der Waals surface area contributed by atoms with Gasteiger partial charge < -0.3 is 5.11 Å². The standard InChI is InChI=1S/C24H26N3O4/c1-3-26(4-2)15-17-5-7-21-14-18(6-8-20(21)13-17)16-27(24(29)30)22-11-9-19(10-12-22)23(28)25-31/h5-14,16,31H,3-4,15H2,1-2H3,(H,25,28)(H,29,30). The molecule has 0 spiro atoms. The average molecular weight is 420 g/mol. The van der Waals surface area contributed by atoms with E-state index in [1.165, 1.54) is 36.4 Å². The Balaban J connectivity index is 1.81. The molecule has 0 fully saturated rings. The Labute approximate surface area is 181 Å². The molecule has 7 heteroatoms. The summed E-state index contributed by atoms with van der Waals surface area (Å²) in [4.78, 5) is 26.7. The molecule has 0 atom stereocenters. The number of nitrogens with zero attached hydrogens (tertiary/aromatic N) is 2. The van der Waals surface area contributed by atoms with Crippen molar-refractivity contribution in [2.75, 3.05) is 18.0 Å². The first-order valence-corrected chi connectivity index (χ1v) is 10.1. The Morgan fingerprint density at radius 3 is 2.19 bits per heavy atom. The minimum Gasteiger partial charge on any atom is -0.465 e. The van der Waals surface area contributed by atoms with E-state index >= 15 is 0 Å². The Kier molecular flexibility index (Phi) is 7.23. The summed E-state index contributed by atoms with van der Waals surface area (Å²) in [5.41, 5.74) is 4.14. The highest BCUT2D eigenvalue weighted by molar-refractivity contribution is 5.95. The van der Waals surface area contributed by atoms with Gasteiger partial charge in [-0.25, -0.2) is 10.3 Å². The summed E-state index contributed by atoms with van der Waals surface area (Å²) in [5.74, 6) is -0.660. The van der Waals surface area contributed by atoms with E-state index in [1.54, 1.807) is 5.48 Å². The number of carbonyl (C=O) groups is 2. The first-order chi connectivity index (χ1) is 14.9. The summed E-state index contributed by atoms with van der Waals surface area (Å²) >= 11 is 0. The number of amides is 2. The lowest BCUT2D eigenvalue weighted by molar-refractivity contribution is 0.0706. The molecule has 0 heterocycles. The molecule has 0 bridgehead atoms. The van der Waals surface area contributed by atoms with Crippen LogP contribution in [0.1, 0.15) is 35.3 Å². The molecule has 0 aromatic heterocycles. The van der Waals surface area contributed by atoms with E-state index in [2.05, 4.69) is 36.9 Å². The molecule has 3 aromatic carbocycles. The number of hydroxylamine groups is 1. The number of benzene rings is 3. The van der Waals surface area contributed by atoms with Gasteiger partial charge in [-0.05, 0) is 71.4 Å². The Hall–Kier alpha value is -3.42. The van der Waals surface area contributed by atoms with E-state index in [4.69, 9.17) is 5.21 Å². The molecule has 7 nitrogen and oxygen atoms in total. The van der Waals surface area contributed by atoms with Crippen molar-refractivity contribution in [2.45, 2.75) is 20.4 Å². The van der Waals surface area contributed by atoms with Crippen molar-refractivity contribution < 1.29 is 19.9 Å². The van der Waals surface area contributed by atoms with Crippen LogP contribution in [0.15, 0.2) is 60.7 Å². The van der Waals surface area contributed by atoms with Crippen molar-refractivity contribution in [3.8, 4) is 0 Å². The fourth-order valence-electron chi connectivity index (χ4n) is 3.42. The molecule has 0 saturated heterocycles. The molecule has 0 unspecified atom stereocenters. The van der Waals surface area contributed by atoms with Gasteiger partial charge in [0, 0.05) is 17.8 Å². The predicted molar refractivity (Wildman–Crippen MR) is 120 cm³/mol. The topological polar surface area (TPSA) is 93.1 Å². The van der Waals surface area contributed by atoms with Crippen LogP contribution in [0, 0.1) is 6.54 Å². The molecule has 161 valence electrons. The van der Waals surface area contributed by atoms with Gasteiger partial charge in [0.2, 0.25) is 0 Å². The number of hydrogen-bond acceptors (Lipinski definition) is 4. The predicted octanol–water partition coefficient (Wildman–Crippen LogP) is 4.50. The first-order valence-electron chi connectivity index (χ1n) is 10.1. The molecule has 3 N–H and O–H groups in total. The van der Waals surface area contributed by atoms with Crippen molar-refractivity contribution in [3.63, 3.8) is 0 Å². The molecule has 0 saturated carbocycles. The van der Waals surface area contributed by atoms with Crippen LogP contribution in [0.25, 0.3) is 10.8 Å². The third-order valence-electron chi connectivity index (χ3n) is 5.22. The zero-order valence-corrected chi connectivity index (χ0v) is 17.6. The van der Waals surface area contributed by atoms with E-state index in [-0.39, 0.29) is 5.56 Å². The molecule has 0 aliphatic heterocycles. The molecule has 0 aliphatic rings. The van der Waals surface area contributed by atoms with Crippen LogP contribution in [0.4, 0.5) is 10.5 Å². The maximum atomic E-state index is 11.8. The van der Waals surface area contributed by atoms with Crippen molar-refractivity contribution in [3.05, 3.63) is 83.9 Å². The van der Waals surface area contributed by atoms with E-state index < -0.39 is 12.0 Å². The van der Waals surface area contributed by atoms with Crippen LogP contribution < -0.4 is 10.4 Å². The van der Waals surface area contributed by atoms with Crippen LogP contribution in [-0.2, 0) is 6.54 Å². The van der Waals surface area contributed by atoms with Gasteiger partial charge in [-0.2, -0.15) is 0 Å². The maximum absolute atomic E-state index is 11.8. The lowest BCUT2D eigenvalue weighted by Gasteiger charge is -2.20. The summed E-state index contributed by atoms with van der Waals surface area (Å²) in [7, 11) is 0. The number of carboxylic acid groups (broad SMARTS) is 1. The average Bonchev–Trinajstić information content (AvgIpc) is 2.80. The largest absolute Gasteiger partial charge is 0.465 e. The van der Waals surface area contributed by atoms with Crippen LogP contribution in [0.3, 0.4) is 0 Å². The lowest BCUT2D eigenvalue weighted by atomic mass is 10.0. The minimum absolute atomic E-state index is 0.225. The Morgan fingerprint density at radius 1 is 0.935 bits per heavy atom. The van der Waals surface area contributed by atoms with E-state index in [9.17, 15) is 14.7 Å². The summed E-state index contributed by atoms with van der Waals surface area (Å²) in [6.45, 7) is 8.73. The molecule has 2 amide bonds. The van der Waals surface area contributed by atoms with E-state index in [0.717, 1.165) is 40.9 Å². The van der Waals surface area contributed by atoms with E-state index in [0.29, 0.717) is 5.69 Å². The minimum atomic E-state index is -1.14. The van der Waals surface area contributed by atoms with Crippen molar-refractivity contribution >= 4 is 28.5 Å². The molecule has 31 heavy (non-hydrogen) atoms. The SMILES string of the molecule is CCN(CC)Cc1ccc2cc([CH]N(C(=O)O)c3ccc(C(=O)NO)cc3)ccc2c1. The summed E-state index contributed by atoms with van der Waals surface area (Å²) < 4.78 is 0. The summed E-state index contributed by atoms with van der Waals surface area (Å²) in [6.07, 6.45) is -1.14. The lowest BCUT2D eigenvalue weighted by Crippen LogP contribution is -2.27. The highest BCUT2D eigenvalue weighted by Gasteiger charge is 2.17. The van der Waals surface area contributed by atoms with Crippen molar-refractivity contribution in [2.24, 2.45) is 0 Å². The van der Waals surface area contributed by atoms with Gasteiger partial charge in [0.1, 0.15) is 0 Å². The van der Waals surface area contributed by atoms with Crippen LogP contribution in [0.2, 0.25) is 0 Å². The van der Waals surface area contributed by atoms with Crippen LogP contribution in [0.5, 0.6) is 0 Å². The molecule has 3 aromatic rings. The summed E-state index contributed by atoms with van der Waals surface area (Å²) in [5, 5.41) is 20.5. The third-order valence-corrected chi connectivity index (χ3v) is 5.22. The first kappa shape index (κ1) is 22.3. The summed E-state index contributed by atoms with van der Waals surface area (Å²) in [6, 6.07) is 18.0. The smallest absolute Gasteiger partial charge is 0.412 e. The van der Waals surface area contributed by atoms with Crippen molar-refractivity contribution in [1.29, 1.82) is 0 Å². The number of hydrogen-bond donors (Lipinski definition) is 3. The molecule has 1 radical (unpaired) electrons. The molecular weight excluding hydrogens is 394 g/mol. The van der Waals surface area contributed by atoms with Crippen molar-refractivity contribution in [1.82, 2.24) is 10.4 Å². The zero-order chi connectivity index (χ0) is 22.4. The molecule has 0 aliphatic carbocycles. The fraction of sp³-hybridized carbons (Fsp3) is 0.208. The number of carbonyl (C=O) groups excluding carboxylic acids is 1. The Morgan fingerprint density at radius 2 is 1.58 bits per heavy atom. The number of nitrogens with one attached hydrogen (secondary N) is 1. The monoisotopic (exact) mass is 420 g/mol. The number of anilines is 1. The number of rotatable bonds is 8. The second kappa shape index (κ2) is 10.1. The Bertz CT molecular complexity index is 1060. The second-order valence-corrected chi connectivity index (χ2v) is 7.17. The number of fused-ring (bicyclic) bond motifs is 1. The molecule has 3 rings (SSSR count). The van der Waals surface area contributed by atoms with Gasteiger partial charge in [0.15, 0.2) is 0 Å². The normalized spacial score (nSPS) is 11.0. The quantitative estimate of drug-likeness (QED) is 0.369. The van der Waals surface area contributed by atoms with Gasteiger partial charge >= 0.3 is 6.09 Å². The third kappa shape index (κ3) is 5.39. The van der Waals surface area contributed by atoms with Gasteiger partial charge in [0.25, 0.3) is 5.91 Å². The van der Waals surface area contributed by atoms with Gasteiger partial charge in [-0.1, -0.05) is 38.1 Å². The molecular formula is C24H26N3O4. The second-order valence-electron chi connectivity index (χ2n) is 7.17. The van der Waals surface area contributed by atoms with Gasteiger partial charge in [-0.3, -0.25) is 19.8 Å². The highest BCUT2D eigenvalue weighted by Crippen LogP contribution is 2.24. The van der Waals surface area contributed by atoms with Gasteiger partial charge in [-0.15, -0.1) is 0 Å². The zero-order valence-electron chi connectivity index (χ0n) is 17.6. The fourth-order valence-corrected chi connectivity index (χ4v) is 3.42. The van der Waals surface area contributed by atoms with Crippen LogP contribution in [-0.4, -0.2) is 40.3 Å². The van der Waals surface area contributed by atoms with Crippen LogP contribution >= 0.6 is 0 Å². The van der Waals surface area contributed by atoms with Gasteiger partial charge in [0.05, 0.1) is 6.54 Å². The highest BCUT2D eigenvalue weighted by atomic mass is 16.5. The maximum Gasteiger partial charge on any atom is 0.412 e.